The number of carbonyl (C=O) groups excluding carboxylic acids is 2. The van der Waals surface area contributed by atoms with Crippen LogP contribution in [0.3, 0.4) is 0 Å². The average Bonchev–Trinajstić information content (AvgIpc) is 3.16. The highest BCUT2D eigenvalue weighted by Gasteiger charge is 2.16. The zero-order valence-corrected chi connectivity index (χ0v) is 15.9. The minimum Gasteiger partial charge on any atom is -0.493 e. The lowest BCUT2D eigenvalue weighted by Crippen LogP contribution is -2.37. The van der Waals surface area contributed by atoms with Gasteiger partial charge < -0.3 is 24.5 Å². The summed E-state index contributed by atoms with van der Waals surface area (Å²) in [5.41, 5.74) is 1.14. The third kappa shape index (κ3) is 4.25. The van der Waals surface area contributed by atoms with Gasteiger partial charge in [0.05, 0.1) is 26.8 Å². The molecule has 0 unspecified atom stereocenters. The van der Waals surface area contributed by atoms with E-state index in [1.807, 2.05) is 37.3 Å². The zero-order valence-electron chi connectivity index (χ0n) is 15.9. The fourth-order valence-electron chi connectivity index (χ4n) is 2.82. The Balaban J connectivity index is 1.56. The van der Waals surface area contributed by atoms with Gasteiger partial charge in [0.25, 0.3) is 5.91 Å². The minimum absolute atomic E-state index is 0.155. The predicted octanol–water partition coefficient (Wildman–Crippen LogP) is 3.06. The molecule has 1 heterocycles. The molecule has 0 aliphatic rings. The van der Waals surface area contributed by atoms with Crippen molar-refractivity contribution < 1.29 is 23.5 Å². The van der Waals surface area contributed by atoms with Crippen molar-refractivity contribution in [2.45, 2.75) is 13.0 Å². The first-order valence-corrected chi connectivity index (χ1v) is 8.80. The van der Waals surface area contributed by atoms with Gasteiger partial charge in [-0.3, -0.25) is 9.59 Å². The highest BCUT2D eigenvalue weighted by atomic mass is 16.5. The van der Waals surface area contributed by atoms with E-state index in [9.17, 15) is 9.59 Å². The zero-order chi connectivity index (χ0) is 20.1. The Morgan fingerprint density at radius 2 is 1.79 bits per heavy atom. The molecule has 1 atom stereocenters. The number of amides is 2. The lowest BCUT2D eigenvalue weighted by atomic mass is 10.2. The summed E-state index contributed by atoms with van der Waals surface area (Å²) in [5.74, 6) is 0.921. The number of furan rings is 1. The van der Waals surface area contributed by atoms with Crippen LogP contribution in [-0.2, 0) is 4.79 Å². The molecule has 0 fully saturated rings. The molecule has 7 heteroatoms. The monoisotopic (exact) mass is 382 g/mol. The number of carbonyl (C=O) groups is 2. The summed E-state index contributed by atoms with van der Waals surface area (Å²) in [7, 11) is 3.01. The van der Waals surface area contributed by atoms with Crippen molar-refractivity contribution in [2.75, 3.05) is 20.8 Å². The van der Waals surface area contributed by atoms with Crippen molar-refractivity contribution in [2.24, 2.45) is 0 Å². The van der Waals surface area contributed by atoms with Gasteiger partial charge >= 0.3 is 0 Å². The van der Waals surface area contributed by atoms with Crippen molar-refractivity contribution in [1.29, 1.82) is 0 Å². The SMILES string of the molecule is COc1ccc(C(=O)NCC(=O)N[C@H](C)c2cc3ccccc3o2)cc1OC. The molecule has 0 saturated heterocycles. The van der Waals surface area contributed by atoms with E-state index in [1.165, 1.54) is 14.2 Å². The fourth-order valence-corrected chi connectivity index (χ4v) is 2.82. The van der Waals surface area contributed by atoms with E-state index in [2.05, 4.69) is 10.6 Å². The Morgan fingerprint density at radius 1 is 1.04 bits per heavy atom. The second-order valence-corrected chi connectivity index (χ2v) is 6.23. The van der Waals surface area contributed by atoms with Crippen LogP contribution in [0.1, 0.15) is 29.1 Å². The van der Waals surface area contributed by atoms with E-state index < -0.39 is 0 Å². The number of para-hydroxylation sites is 1. The largest absolute Gasteiger partial charge is 0.493 e. The Morgan fingerprint density at radius 3 is 2.50 bits per heavy atom. The van der Waals surface area contributed by atoms with Crippen molar-refractivity contribution in [3.8, 4) is 11.5 Å². The Kier molecular flexibility index (Phi) is 5.84. The van der Waals surface area contributed by atoms with E-state index in [4.69, 9.17) is 13.9 Å². The van der Waals surface area contributed by atoms with Gasteiger partial charge in [0.2, 0.25) is 5.91 Å². The molecule has 2 N–H and O–H groups in total. The Bertz CT molecular complexity index is 962. The Hall–Kier alpha value is -3.48. The van der Waals surface area contributed by atoms with Crippen LogP contribution in [0, 0.1) is 0 Å². The number of fused-ring (bicyclic) bond motifs is 1. The molecule has 146 valence electrons. The third-order valence-corrected chi connectivity index (χ3v) is 4.30. The lowest BCUT2D eigenvalue weighted by molar-refractivity contribution is -0.120. The number of nitrogens with one attached hydrogen (secondary N) is 2. The van der Waals surface area contributed by atoms with E-state index in [1.54, 1.807) is 18.2 Å². The number of rotatable bonds is 7. The summed E-state index contributed by atoms with van der Waals surface area (Å²) in [5, 5.41) is 6.38. The van der Waals surface area contributed by atoms with Crippen molar-refractivity contribution in [1.82, 2.24) is 10.6 Å². The number of ether oxygens (including phenoxy) is 2. The predicted molar refractivity (Wildman–Crippen MR) is 105 cm³/mol. The van der Waals surface area contributed by atoms with Gasteiger partial charge in [-0.1, -0.05) is 18.2 Å². The van der Waals surface area contributed by atoms with E-state index in [0.29, 0.717) is 22.8 Å². The van der Waals surface area contributed by atoms with E-state index >= 15 is 0 Å². The topological polar surface area (TPSA) is 89.8 Å². The molecule has 7 nitrogen and oxygen atoms in total. The highest BCUT2D eigenvalue weighted by Crippen LogP contribution is 2.27. The van der Waals surface area contributed by atoms with Gasteiger partial charge in [-0.2, -0.15) is 0 Å². The summed E-state index contributed by atoms with van der Waals surface area (Å²) in [6.07, 6.45) is 0. The third-order valence-electron chi connectivity index (χ3n) is 4.30. The molecule has 3 rings (SSSR count). The quantitative estimate of drug-likeness (QED) is 0.656. The van der Waals surface area contributed by atoms with Gasteiger partial charge in [-0.25, -0.2) is 0 Å². The first-order chi connectivity index (χ1) is 13.5. The van der Waals surface area contributed by atoms with Crippen LogP contribution in [0.2, 0.25) is 0 Å². The number of hydrogen-bond donors (Lipinski definition) is 2. The maximum absolute atomic E-state index is 12.3. The molecular formula is C21H22N2O5. The smallest absolute Gasteiger partial charge is 0.251 e. The van der Waals surface area contributed by atoms with E-state index in [-0.39, 0.29) is 24.4 Å². The molecule has 2 amide bonds. The standard InChI is InChI=1S/C21H22N2O5/c1-13(18-10-14-6-4-5-7-16(14)28-18)23-20(24)12-22-21(25)15-8-9-17(26-2)19(11-15)27-3/h4-11,13H,12H2,1-3H3,(H,22,25)(H,23,24)/t13-/m1/s1. The summed E-state index contributed by atoms with van der Waals surface area (Å²) >= 11 is 0. The van der Waals surface area contributed by atoms with E-state index in [0.717, 1.165) is 11.0 Å². The number of methoxy groups -OCH3 is 2. The summed E-state index contributed by atoms with van der Waals surface area (Å²) in [4.78, 5) is 24.5. The van der Waals surface area contributed by atoms with Crippen LogP contribution < -0.4 is 20.1 Å². The molecule has 0 radical (unpaired) electrons. The second kappa shape index (κ2) is 8.47. The first-order valence-electron chi connectivity index (χ1n) is 8.80. The van der Waals surface area contributed by atoms with Crippen molar-refractivity contribution >= 4 is 22.8 Å². The molecule has 0 saturated carbocycles. The molecule has 0 spiro atoms. The van der Waals surface area contributed by atoms with Crippen LogP contribution in [0.5, 0.6) is 11.5 Å². The molecule has 0 bridgehead atoms. The van der Waals surface area contributed by atoms with Gasteiger partial charge in [-0.15, -0.1) is 0 Å². The van der Waals surface area contributed by atoms with Crippen LogP contribution in [-0.4, -0.2) is 32.6 Å². The molecule has 28 heavy (non-hydrogen) atoms. The van der Waals surface area contributed by atoms with Crippen LogP contribution >= 0.6 is 0 Å². The second-order valence-electron chi connectivity index (χ2n) is 6.23. The van der Waals surface area contributed by atoms with Crippen molar-refractivity contribution in [3.63, 3.8) is 0 Å². The van der Waals surface area contributed by atoms with Gasteiger partial charge in [0, 0.05) is 10.9 Å². The molecule has 0 aliphatic heterocycles. The van der Waals surface area contributed by atoms with Gasteiger partial charge in [-0.05, 0) is 37.3 Å². The summed E-state index contributed by atoms with van der Waals surface area (Å²) in [6, 6.07) is 14.0. The average molecular weight is 382 g/mol. The van der Waals surface area contributed by atoms with Crippen LogP contribution in [0.4, 0.5) is 0 Å². The summed E-state index contributed by atoms with van der Waals surface area (Å²) in [6.45, 7) is 1.67. The minimum atomic E-state index is -0.382. The van der Waals surface area contributed by atoms with Crippen molar-refractivity contribution in [3.05, 3.63) is 59.9 Å². The fraction of sp³-hybridized carbons (Fsp3) is 0.238. The molecule has 1 aromatic heterocycles. The molecule has 3 aromatic rings. The first kappa shape index (κ1) is 19.3. The maximum Gasteiger partial charge on any atom is 0.251 e. The molecule has 2 aromatic carbocycles. The summed E-state index contributed by atoms with van der Waals surface area (Å²) < 4.78 is 16.1. The lowest BCUT2D eigenvalue weighted by Gasteiger charge is -2.12. The molecular weight excluding hydrogens is 360 g/mol. The molecule has 0 aliphatic carbocycles. The van der Waals surface area contributed by atoms with Gasteiger partial charge in [0.15, 0.2) is 11.5 Å². The highest BCUT2D eigenvalue weighted by molar-refractivity contribution is 5.97. The van der Waals surface area contributed by atoms with Gasteiger partial charge in [0.1, 0.15) is 11.3 Å². The number of benzene rings is 2. The number of hydrogen-bond acceptors (Lipinski definition) is 5. The van der Waals surface area contributed by atoms with Crippen LogP contribution in [0.25, 0.3) is 11.0 Å². The maximum atomic E-state index is 12.3. The normalized spacial score (nSPS) is 11.7. The Labute approximate surface area is 162 Å². The van der Waals surface area contributed by atoms with Crippen LogP contribution in [0.15, 0.2) is 52.9 Å².